The van der Waals surface area contributed by atoms with Crippen LogP contribution in [0.25, 0.3) is 5.69 Å². The molecule has 0 aliphatic heterocycles. The van der Waals surface area contributed by atoms with Crippen molar-refractivity contribution in [1.82, 2.24) is 9.88 Å². The maximum atomic E-state index is 14.0. The Kier molecular flexibility index (Phi) is 6.98. The second-order valence-electron chi connectivity index (χ2n) is 15.6. The molecule has 5 heteroatoms. The molecule has 5 nitrogen and oxygen atoms in total. The van der Waals surface area contributed by atoms with Gasteiger partial charge in [-0.25, -0.2) is 0 Å². The standard InChI is InChI=1S/C36H50N2O3/c1-24-29(31(39)37-36-16-13-35(14-17-36,15-18-36)32(40)41)23-38(30(24)19-25-9-7-6-8-10-25)28-21-26(33(2,3)4)20-27(22-28)34(5)11-12-34/h20-23,25H,6-19H2,1-5H3,(H,37,39)(H,40,41). The largest absolute Gasteiger partial charge is 0.481 e. The molecule has 0 unspecified atom stereocenters. The minimum atomic E-state index is -0.658. The second kappa shape index (κ2) is 10.0. The highest BCUT2D eigenvalue weighted by Gasteiger charge is 2.53. The van der Waals surface area contributed by atoms with Gasteiger partial charge in [0, 0.05) is 23.1 Å². The van der Waals surface area contributed by atoms with Crippen molar-refractivity contribution in [2.75, 3.05) is 0 Å². The molecule has 2 N–H and O–H groups in total. The molecule has 0 spiro atoms. The lowest BCUT2D eigenvalue weighted by Crippen LogP contribution is -2.58. The maximum absolute atomic E-state index is 14.0. The summed E-state index contributed by atoms with van der Waals surface area (Å²) >= 11 is 0. The Morgan fingerprint density at radius 3 is 2.15 bits per heavy atom. The zero-order chi connectivity index (χ0) is 29.2. The van der Waals surface area contributed by atoms with Gasteiger partial charge in [-0.3, -0.25) is 9.59 Å². The van der Waals surface area contributed by atoms with Crippen molar-refractivity contribution < 1.29 is 14.7 Å². The van der Waals surface area contributed by atoms with Crippen molar-refractivity contribution >= 4 is 11.9 Å². The topological polar surface area (TPSA) is 71.3 Å². The normalized spacial score (nSPS) is 27.5. The fourth-order valence-electron chi connectivity index (χ4n) is 8.03. The van der Waals surface area contributed by atoms with Crippen LogP contribution in [0.1, 0.15) is 144 Å². The molecular formula is C36H50N2O3. The van der Waals surface area contributed by atoms with Gasteiger partial charge in [0.2, 0.25) is 0 Å². The number of carbonyl (C=O) groups is 2. The third-order valence-corrected chi connectivity index (χ3v) is 11.7. The Balaban J connectivity index is 1.37. The lowest BCUT2D eigenvalue weighted by atomic mass is 9.57. The number of benzene rings is 1. The number of carboxylic acid groups (broad SMARTS) is 1. The molecule has 1 heterocycles. The van der Waals surface area contributed by atoms with E-state index in [9.17, 15) is 14.7 Å². The van der Waals surface area contributed by atoms with Gasteiger partial charge in [0.25, 0.3) is 5.91 Å². The number of rotatable bonds is 7. The van der Waals surface area contributed by atoms with Gasteiger partial charge in [0.05, 0.1) is 11.0 Å². The Labute approximate surface area is 246 Å². The van der Waals surface area contributed by atoms with E-state index in [2.05, 4.69) is 68.9 Å². The average molecular weight is 559 g/mol. The van der Waals surface area contributed by atoms with Crippen LogP contribution >= 0.6 is 0 Å². The van der Waals surface area contributed by atoms with E-state index < -0.39 is 11.4 Å². The number of aromatic nitrogens is 1. The summed E-state index contributed by atoms with van der Waals surface area (Å²) < 4.78 is 2.36. The number of hydrogen-bond acceptors (Lipinski definition) is 2. The van der Waals surface area contributed by atoms with E-state index in [-0.39, 0.29) is 22.3 Å². The van der Waals surface area contributed by atoms with E-state index in [1.54, 1.807) is 0 Å². The summed E-state index contributed by atoms with van der Waals surface area (Å²) in [6, 6.07) is 7.16. The summed E-state index contributed by atoms with van der Waals surface area (Å²) in [6.45, 7) is 11.4. The summed E-state index contributed by atoms with van der Waals surface area (Å²) in [6.07, 6.45) is 16.4. The zero-order valence-electron chi connectivity index (χ0n) is 26.0. The molecule has 5 aliphatic carbocycles. The molecule has 7 rings (SSSR count). The quantitative estimate of drug-likeness (QED) is 0.360. The molecule has 1 amide bonds. The predicted molar refractivity (Wildman–Crippen MR) is 164 cm³/mol. The van der Waals surface area contributed by atoms with E-state index in [1.165, 1.54) is 67.5 Å². The van der Waals surface area contributed by atoms with Gasteiger partial charge in [-0.1, -0.05) is 65.9 Å². The Hall–Kier alpha value is -2.56. The van der Waals surface area contributed by atoms with Gasteiger partial charge in [0.1, 0.15) is 0 Å². The minimum absolute atomic E-state index is 0.0113. The number of nitrogens with zero attached hydrogens (tertiary/aromatic N) is 1. The molecule has 1 aromatic carbocycles. The number of carbonyl (C=O) groups excluding carboxylic acids is 1. The molecular weight excluding hydrogens is 508 g/mol. The van der Waals surface area contributed by atoms with E-state index >= 15 is 0 Å². The molecule has 0 radical (unpaired) electrons. The lowest BCUT2D eigenvalue weighted by molar-refractivity contribution is -0.156. The summed E-state index contributed by atoms with van der Waals surface area (Å²) in [7, 11) is 0. The van der Waals surface area contributed by atoms with Crippen molar-refractivity contribution in [2.24, 2.45) is 11.3 Å². The molecule has 5 saturated carbocycles. The van der Waals surface area contributed by atoms with Crippen molar-refractivity contribution in [3.8, 4) is 5.69 Å². The number of hydrogen-bond donors (Lipinski definition) is 2. The molecule has 0 saturated heterocycles. The first kappa shape index (κ1) is 28.6. The van der Waals surface area contributed by atoms with Crippen molar-refractivity contribution in [3.63, 3.8) is 0 Å². The molecule has 0 atom stereocenters. The van der Waals surface area contributed by atoms with Gasteiger partial charge < -0.3 is 15.0 Å². The summed E-state index contributed by atoms with van der Waals surface area (Å²) in [5, 5.41) is 13.3. The van der Waals surface area contributed by atoms with Crippen molar-refractivity contribution in [3.05, 3.63) is 52.3 Å². The molecule has 5 fully saturated rings. The van der Waals surface area contributed by atoms with Crippen LogP contribution in [-0.2, 0) is 22.0 Å². The van der Waals surface area contributed by atoms with Crippen LogP contribution in [0.5, 0.6) is 0 Å². The highest BCUT2D eigenvalue weighted by atomic mass is 16.4. The second-order valence-corrected chi connectivity index (χ2v) is 15.6. The fourth-order valence-corrected chi connectivity index (χ4v) is 8.03. The molecule has 1 aromatic heterocycles. The monoisotopic (exact) mass is 558 g/mol. The molecule has 41 heavy (non-hydrogen) atoms. The van der Waals surface area contributed by atoms with Crippen LogP contribution in [0.4, 0.5) is 0 Å². The first-order valence-corrected chi connectivity index (χ1v) is 16.3. The van der Waals surface area contributed by atoms with Crippen molar-refractivity contribution in [2.45, 2.75) is 141 Å². The summed E-state index contributed by atoms with van der Waals surface area (Å²) in [5.41, 5.74) is 6.59. The van der Waals surface area contributed by atoms with E-state index in [1.807, 2.05) is 0 Å². The van der Waals surface area contributed by atoms with Crippen LogP contribution in [0.3, 0.4) is 0 Å². The highest BCUT2D eigenvalue weighted by Crippen LogP contribution is 2.53. The Morgan fingerprint density at radius 2 is 1.59 bits per heavy atom. The minimum Gasteiger partial charge on any atom is -0.481 e. The molecule has 2 bridgehead atoms. The average Bonchev–Trinajstić information content (AvgIpc) is 3.63. The van der Waals surface area contributed by atoms with Gasteiger partial charge >= 0.3 is 5.97 Å². The number of amides is 1. The first-order chi connectivity index (χ1) is 19.3. The predicted octanol–water partition coefficient (Wildman–Crippen LogP) is 8.16. The van der Waals surface area contributed by atoms with Crippen molar-refractivity contribution in [1.29, 1.82) is 0 Å². The van der Waals surface area contributed by atoms with E-state index in [0.717, 1.165) is 36.8 Å². The maximum Gasteiger partial charge on any atom is 0.309 e. The van der Waals surface area contributed by atoms with Crippen LogP contribution in [0, 0.1) is 18.3 Å². The fraction of sp³-hybridized carbons (Fsp3) is 0.667. The lowest BCUT2D eigenvalue weighted by Gasteiger charge is -2.51. The van der Waals surface area contributed by atoms with E-state index in [4.69, 9.17) is 0 Å². The Bertz CT molecular complexity index is 1300. The van der Waals surface area contributed by atoms with Gasteiger partial charge in [0.15, 0.2) is 0 Å². The SMILES string of the molecule is Cc1c(C(=O)NC23CCC(C(=O)O)(CC2)CC3)cn(-c2cc(C(C)(C)C)cc(C3(C)CC3)c2)c1CC1CCCCC1. The number of nitrogens with one attached hydrogen (secondary N) is 1. The molecule has 2 aromatic rings. The first-order valence-electron chi connectivity index (χ1n) is 16.3. The third-order valence-electron chi connectivity index (χ3n) is 11.7. The number of carboxylic acids is 1. The number of aliphatic carboxylic acids is 1. The van der Waals surface area contributed by atoms with Gasteiger partial charge in [-0.2, -0.15) is 0 Å². The molecule has 5 aliphatic rings. The molecule has 222 valence electrons. The summed E-state index contributed by atoms with van der Waals surface area (Å²) in [4.78, 5) is 26.0. The van der Waals surface area contributed by atoms with E-state index in [0.29, 0.717) is 25.2 Å². The Morgan fingerprint density at radius 1 is 0.951 bits per heavy atom. The smallest absolute Gasteiger partial charge is 0.309 e. The zero-order valence-corrected chi connectivity index (χ0v) is 26.0. The van der Waals surface area contributed by atoms with Gasteiger partial charge in [-0.05, 0) is 110 Å². The third kappa shape index (κ3) is 5.27. The highest BCUT2D eigenvalue weighted by molar-refractivity contribution is 5.96. The number of fused-ring (bicyclic) bond motifs is 3. The van der Waals surface area contributed by atoms with Crippen LogP contribution in [-0.4, -0.2) is 27.1 Å². The van der Waals surface area contributed by atoms with Crippen LogP contribution in [0.2, 0.25) is 0 Å². The van der Waals surface area contributed by atoms with Crippen LogP contribution in [0.15, 0.2) is 24.4 Å². The summed E-state index contributed by atoms with van der Waals surface area (Å²) in [5.74, 6) is 0.0178. The van der Waals surface area contributed by atoms with Crippen LogP contribution < -0.4 is 5.32 Å². The van der Waals surface area contributed by atoms with Gasteiger partial charge in [-0.15, -0.1) is 0 Å².